The van der Waals surface area contributed by atoms with Gasteiger partial charge in [-0.25, -0.2) is 0 Å². The molecule has 1 fully saturated rings. The third kappa shape index (κ3) is 9.60. The summed E-state index contributed by atoms with van der Waals surface area (Å²) in [6.07, 6.45) is 8.26. The van der Waals surface area contributed by atoms with Crippen LogP contribution in [0, 0.1) is 0 Å². The van der Waals surface area contributed by atoms with Gasteiger partial charge in [-0.15, -0.1) is 0 Å². The summed E-state index contributed by atoms with van der Waals surface area (Å²) < 4.78 is 30.5. The fourth-order valence-electron chi connectivity index (χ4n) is 2.43. The second-order valence-electron chi connectivity index (χ2n) is 6.17. The predicted octanol–water partition coefficient (Wildman–Crippen LogP) is 3.82. The monoisotopic (exact) mass is 506 g/mol. The van der Waals surface area contributed by atoms with Gasteiger partial charge in [-0.3, -0.25) is 19.0 Å². The second-order valence-corrected chi connectivity index (χ2v) is 10.3. The lowest BCUT2D eigenvalue weighted by molar-refractivity contribution is -0.140. The number of amides is 1. The molecule has 0 radical (unpaired) electrons. The van der Waals surface area contributed by atoms with Crippen LogP contribution in [0.1, 0.15) is 33.6 Å². The van der Waals surface area contributed by atoms with E-state index >= 15 is 0 Å². The Morgan fingerprint density at radius 3 is 2.58 bits per heavy atom. The highest BCUT2D eigenvalue weighted by Crippen LogP contribution is 2.32. The lowest BCUT2D eigenvalue weighted by Crippen LogP contribution is -2.33. The summed E-state index contributed by atoms with van der Waals surface area (Å²) in [6, 6.07) is 0. The van der Waals surface area contributed by atoms with Crippen molar-refractivity contribution >= 4 is 62.1 Å². The molecule has 172 valence electrons. The van der Waals surface area contributed by atoms with Crippen LogP contribution in [-0.2, 0) is 19.7 Å². The van der Waals surface area contributed by atoms with E-state index in [1.807, 2.05) is 49.4 Å². The molecule has 0 aromatic carbocycles. The molecule has 0 saturated carbocycles. The maximum atomic E-state index is 12.3. The smallest absolute Gasteiger partial charge is 0.323 e. The Labute approximate surface area is 196 Å². The number of rotatable bonds is 9. The molecule has 0 unspecified atom stereocenters. The summed E-state index contributed by atoms with van der Waals surface area (Å²) >= 11 is 7.65. The van der Waals surface area contributed by atoms with Crippen LogP contribution in [0.15, 0.2) is 45.3 Å². The largest absolute Gasteiger partial charge is 0.480 e. The van der Waals surface area contributed by atoms with Crippen LogP contribution in [0.2, 0.25) is 0 Å². The van der Waals surface area contributed by atoms with Crippen molar-refractivity contribution in [3.63, 3.8) is 0 Å². The van der Waals surface area contributed by atoms with E-state index in [0.29, 0.717) is 24.3 Å². The summed E-state index contributed by atoms with van der Waals surface area (Å²) in [4.78, 5) is 26.5. The zero-order valence-electron chi connectivity index (χ0n) is 17.5. The molecule has 0 spiro atoms. The van der Waals surface area contributed by atoms with E-state index in [4.69, 9.17) is 21.9 Å². The number of thioether (sulfide) groups is 2. The van der Waals surface area contributed by atoms with Gasteiger partial charge in [-0.05, 0) is 42.9 Å². The molecule has 2 aliphatic rings. The Hall–Kier alpha value is -1.60. The van der Waals surface area contributed by atoms with E-state index in [2.05, 4.69) is 0 Å². The van der Waals surface area contributed by atoms with Crippen LogP contribution < -0.4 is 0 Å². The minimum atomic E-state index is -3.93. The fraction of sp³-hybridized carbons (Fsp3) is 0.421. The Kier molecular flexibility index (Phi) is 11.6. The first kappa shape index (κ1) is 27.4. The molecule has 0 aromatic heterocycles. The van der Waals surface area contributed by atoms with Crippen LogP contribution >= 0.6 is 35.7 Å². The highest BCUT2D eigenvalue weighted by molar-refractivity contribution is 8.26. The van der Waals surface area contributed by atoms with Gasteiger partial charge < -0.3 is 10.0 Å². The number of carboxylic acid groups (broad SMARTS) is 1. The molecule has 2 aliphatic heterocycles. The molecule has 0 bridgehead atoms. The molecule has 2 rings (SSSR count). The maximum absolute atomic E-state index is 12.3. The van der Waals surface area contributed by atoms with Crippen LogP contribution in [0.25, 0.3) is 0 Å². The molecule has 0 aliphatic carbocycles. The quantitative estimate of drug-likeness (QED) is 0.207. The number of carbonyl (C=O) groups is 2. The van der Waals surface area contributed by atoms with Crippen molar-refractivity contribution in [2.75, 3.05) is 18.8 Å². The van der Waals surface area contributed by atoms with Gasteiger partial charge in [-0.2, -0.15) is 8.42 Å². The number of hydrogen-bond donors (Lipinski definition) is 2. The van der Waals surface area contributed by atoms with Crippen LogP contribution in [0.3, 0.4) is 0 Å². The standard InChI is InChI=1S/C17H20N2O6S4.C2H6/c1-12(10-13-16(22)19(11-15(20)21)17(26)28-13)4-5-14-18(7-8-27-14)6-2-3-9-29(23,24)25;1-2/h4-5,7-8,10H,2-3,6,9,11H2,1H3,(H,20,21)(H,23,24,25);1-2H3/b12-4+,13-10+,14-5+;. The minimum Gasteiger partial charge on any atom is -0.480 e. The maximum Gasteiger partial charge on any atom is 0.323 e. The highest BCUT2D eigenvalue weighted by atomic mass is 32.2. The summed E-state index contributed by atoms with van der Waals surface area (Å²) in [6.45, 7) is 5.99. The Bertz CT molecular complexity index is 922. The van der Waals surface area contributed by atoms with E-state index in [9.17, 15) is 18.0 Å². The van der Waals surface area contributed by atoms with Crippen LogP contribution in [-0.4, -0.2) is 62.9 Å². The number of aliphatic carboxylic acids is 1. The number of nitrogens with zero attached hydrogens (tertiary/aromatic N) is 2. The normalized spacial score (nSPS) is 19.4. The Morgan fingerprint density at radius 1 is 1.29 bits per heavy atom. The molecule has 12 heteroatoms. The van der Waals surface area contributed by atoms with E-state index in [-0.39, 0.29) is 10.1 Å². The van der Waals surface area contributed by atoms with Gasteiger partial charge in [0, 0.05) is 12.7 Å². The molecule has 1 amide bonds. The van der Waals surface area contributed by atoms with Crippen molar-refractivity contribution in [3.8, 4) is 0 Å². The average molecular weight is 507 g/mol. The van der Waals surface area contributed by atoms with Gasteiger partial charge in [0.15, 0.2) is 0 Å². The van der Waals surface area contributed by atoms with Crippen molar-refractivity contribution in [2.24, 2.45) is 0 Å². The summed E-state index contributed by atoms with van der Waals surface area (Å²) in [5.41, 5.74) is 0.798. The first-order valence-electron chi connectivity index (χ1n) is 9.48. The van der Waals surface area contributed by atoms with Crippen LogP contribution in [0.5, 0.6) is 0 Å². The SMILES string of the molecule is CC.CC(=C\C=C1\SC=CN1CCCCS(=O)(=O)O)/C=C1/SC(=S)N(CC(=O)O)C1=O. The predicted molar refractivity (Wildman–Crippen MR) is 130 cm³/mol. The fourth-order valence-corrected chi connectivity index (χ4v) is 5.09. The van der Waals surface area contributed by atoms with E-state index < -0.39 is 28.5 Å². The third-order valence-electron chi connectivity index (χ3n) is 3.78. The third-order valence-corrected chi connectivity index (χ3v) is 6.83. The lowest BCUT2D eigenvalue weighted by Gasteiger charge is -2.16. The number of carbonyl (C=O) groups excluding carboxylic acids is 1. The van der Waals surface area contributed by atoms with E-state index in [0.717, 1.165) is 27.3 Å². The van der Waals surface area contributed by atoms with E-state index in [1.54, 1.807) is 6.08 Å². The van der Waals surface area contributed by atoms with Crippen molar-refractivity contribution in [3.05, 3.63) is 45.3 Å². The van der Waals surface area contributed by atoms with Crippen molar-refractivity contribution < 1.29 is 27.7 Å². The summed E-state index contributed by atoms with van der Waals surface area (Å²) in [5, 5.41) is 11.7. The van der Waals surface area contributed by atoms with Gasteiger partial charge in [0.1, 0.15) is 10.9 Å². The Balaban J connectivity index is 0.00000233. The van der Waals surface area contributed by atoms with Gasteiger partial charge in [0.2, 0.25) is 0 Å². The second kappa shape index (κ2) is 13.1. The average Bonchev–Trinajstić information content (AvgIpc) is 3.24. The van der Waals surface area contributed by atoms with Gasteiger partial charge in [0.25, 0.3) is 16.0 Å². The first-order valence-corrected chi connectivity index (χ1v) is 13.2. The molecular weight excluding hydrogens is 480 g/mol. The van der Waals surface area contributed by atoms with Crippen molar-refractivity contribution in [1.29, 1.82) is 0 Å². The number of unbranched alkanes of at least 4 members (excludes halogenated alkanes) is 1. The van der Waals surface area contributed by atoms with Gasteiger partial charge in [-0.1, -0.05) is 55.7 Å². The molecule has 2 N–H and O–H groups in total. The van der Waals surface area contributed by atoms with Gasteiger partial charge >= 0.3 is 5.97 Å². The van der Waals surface area contributed by atoms with Crippen LogP contribution in [0.4, 0.5) is 0 Å². The van der Waals surface area contributed by atoms with Gasteiger partial charge in [0.05, 0.1) is 15.7 Å². The molecule has 0 atom stereocenters. The lowest BCUT2D eigenvalue weighted by atomic mass is 10.2. The summed E-state index contributed by atoms with van der Waals surface area (Å²) in [7, 11) is -3.93. The van der Waals surface area contributed by atoms with Crippen molar-refractivity contribution in [2.45, 2.75) is 33.6 Å². The number of allylic oxidation sites excluding steroid dienone is 4. The zero-order valence-corrected chi connectivity index (χ0v) is 20.7. The number of thiocarbonyl (C=S) groups is 1. The number of hydrogen-bond acceptors (Lipinski definition) is 8. The first-order chi connectivity index (χ1) is 14.6. The Morgan fingerprint density at radius 2 is 1.97 bits per heavy atom. The molecule has 31 heavy (non-hydrogen) atoms. The minimum absolute atomic E-state index is 0.224. The summed E-state index contributed by atoms with van der Waals surface area (Å²) in [5.74, 6) is -1.79. The zero-order chi connectivity index (χ0) is 23.6. The molecule has 0 aromatic rings. The number of carboxylic acids is 1. The molecule has 2 heterocycles. The topological polar surface area (TPSA) is 115 Å². The van der Waals surface area contributed by atoms with E-state index in [1.165, 1.54) is 11.8 Å². The van der Waals surface area contributed by atoms with Crippen molar-refractivity contribution in [1.82, 2.24) is 9.80 Å². The molecule has 8 nitrogen and oxygen atoms in total. The molecular formula is C19H26N2O6S4. The highest BCUT2D eigenvalue weighted by Gasteiger charge is 2.33. The molecule has 1 saturated heterocycles.